The van der Waals surface area contributed by atoms with E-state index in [4.69, 9.17) is 16.3 Å². The Morgan fingerprint density at radius 3 is 2.83 bits per heavy atom. The molecular weight excluding hydrogens is 312 g/mol. The van der Waals surface area contributed by atoms with Crippen molar-refractivity contribution < 1.29 is 9.53 Å². The maximum atomic E-state index is 11.9. The molecular formula is C18H15ClN2O2. The molecule has 0 bridgehead atoms. The zero-order chi connectivity index (χ0) is 16.2. The van der Waals surface area contributed by atoms with Crippen molar-refractivity contribution in [1.82, 2.24) is 9.38 Å². The lowest BCUT2D eigenvalue weighted by molar-refractivity contribution is -0.139. The van der Waals surface area contributed by atoms with Crippen LogP contribution < -0.4 is 0 Å². The molecule has 116 valence electrons. The van der Waals surface area contributed by atoms with Crippen LogP contribution in [0.5, 0.6) is 0 Å². The van der Waals surface area contributed by atoms with Gasteiger partial charge in [-0.1, -0.05) is 29.8 Å². The number of carbonyl (C=O) groups excluding carboxylic acids is 1. The fourth-order valence-corrected chi connectivity index (χ4v) is 2.39. The second-order valence-electron chi connectivity index (χ2n) is 5.07. The van der Waals surface area contributed by atoms with Gasteiger partial charge in [0.2, 0.25) is 0 Å². The number of carbonyl (C=O) groups is 1. The van der Waals surface area contributed by atoms with Crippen LogP contribution >= 0.6 is 11.6 Å². The quantitative estimate of drug-likeness (QED) is 0.536. The molecule has 23 heavy (non-hydrogen) atoms. The van der Waals surface area contributed by atoms with Crippen molar-refractivity contribution in [3.63, 3.8) is 0 Å². The summed E-state index contributed by atoms with van der Waals surface area (Å²) in [6.45, 7) is 2.08. The Hall–Kier alpha value is -2.59. The van der Waals surface area contributed by atoms with E-state index >= 15 is 0 Å². The first kappa shape index (κ1) is 15.3. The number of halogens is 1. The Labute approximate surface area is 139 Å². The maximum absolute atomic E-state index is 11.9. The van der Waals surface area contributed by atoms with Gasteiger partial charge in [-0.05, 0) is 42.8 Å². The number of hydrogen-bond donors (Lipinski definition) is 0. The highest BCUT2D eigenvalue weighted by atomic mass is 35.5. The molecule has 0 saturated heterocycles. The molecule has 2 aromatic heterocycles. The molecule has 1 aromatic carbocycles. The summed E-state index contributed by atoms with van der Waals surface area (Å²) < 4.78 is 7.23. The smallest absolute Gasteiger partial charge is 0.331 e. The molecule has 0 unspecified atom stereocenters. The van der Waals surface area contributed by atoms with E-state index in [9.17, 15) is 4.79 Å². The number of imidazole rings is 1. The van der Waals surface area contributed by atoms with Gasteiger partial charge in [0.25, 0.3) is 0 Å². The van der Waals surface area contributed by atoms with Crippen LogP contribution in [0.3, 0.4) is 0 Å². The molecule has 0 spiro atoms. The lowest BCUT2D eigenvalue weighted by atomic mass is 10.2. The van der Waals surface area contributed by atoms with Crippen molar-refractivity contribution in [2.75, 3.05) is 0 Å². The van der Waals surface area contributed by atoms with Crippen LogP contribution in [0.25, 0.3) is 11.7 Å². The molecule has 0 amide bonds. The molecule has 0 aliphatic heterocycles. The van der Waals surface area contributed by atoms with Crippen molar-refractivity contribution >= 4 is 29.3 Å². The number of rotatable bonds is 4. The van der Waals surface area contributed by atoms with Gasteiger partial charge in [-0.25, -0.2) is 9.78 Å². The van der Waals surface area contributed by atoms with Crippen molar-refractivity contribution in [3.05, 3.63) is 76.7 Å². The molecule has 0 radical (unpaired) electrons. The largest absolute Gasteiger partial charge is 0.456 e. The minimum atomic E-state index is -0.398. The molecule has 0 saturated carbocycles. The molecule has 5 heteroatoms. The number of esters is 1. The van der Waals surface area contributed by atoms with E-state index in [1.54, 1.807) is 18.2 Å². The summed E-state index contributed by atoms with van der Waals surface area (Å²) in [5, 5.41) is 0.660. The topological polar surface area (TPSA) is 43.6 Å². The van der Waals surface area contributed by atoms with Crippen LogP contribution in [-0.2, 0) is 16.1 Å². The van der Waals surface area contributed by atoms with E-state index in [0.717, 1.165) is 22.6 Å². The lowest BCUT2D eigenvalue weighted by Crippen LogP contribution is -2.04. The van der Waals surface area contributed by atoms with E-state index in [1.807, 2.05) is 47.9 Å². The van der Waals surface area contributed by atoms with Gasteiger partial charge in [0.1, 0.15) is 12.3 Å². The third-order valence-corrected chi connectivity index (χ3v) is 3.71. The average Bonchev–Trinajstić information content (AvgIpc) is 2.87. The van der Waals surface area contributed by atoms with Crippen LogP contribution in [0.4, 0.5) is 0 Å². The van der Waals surface area contributed by atoms with Crippen molar-refractivity contribution in [2.45, 2.75) is 13.5 Å². The van der Waals surface area contributed by atoms with E-state index in [-0.39, 0.29) is 6.61 Å². The van der Waals surface area contributed by atoms with Gasteiger partial charge < -0.3 is 9.14 Å². The fourth-order valence-electron chi connectivity index (χ4n) is 2.26. The summed E-state index contributed by atoms with van der Waals surface area (Å²) in [5.74, 6) is -0.398. The van der Waals surface area contributed by atoms with E-state index in [0.29, 0.717) is 5.02 Å². The molecule has 0 fully saturated rings. The highest BCUT2D eigenvalue weighted by Crippen LogP contribution is 2.13. The monoisotopic (exact) mass is 326 g/mol. The highest BCUT2D eigenvalue weighted by Gasteiger charge is 2.09. The number of ether oxygens (including phenoxy) is 1. The molecule has 4 nitrogen and oxygen atoms in total. The van der Waals surface area contributed by atoms with Crippen molar-refractivity contribution in [1.29, 1.82) is 0 Å². The predicted octanol–water partition coefficient (Wildman–Crippen LogP) is 4.05. The van der Waals surface area contributed by atoms with Crippen LogP contribution in [-0.4, -0.2) is 15.4 Å². The number of aromatic nitrogens is 2. The van der Waals surface area contributed by atoms with E-state index in [1.165, 1.54) is 6.08 Å². The Balaban J connectivity index is 1.66. The van der Waals surface area contributed by atoms with Gasteiger partial charge in [0.05, 0.1) is 11.4 Å². The molecule has 3 rings (SSSR count). The normalized spacial score (nSPS) is 11.2. The minimum absolute atomic E-state index is 0.181. The molecule has 2 heterocycles. The first-order valence-corrected chi connectivity index (χ1v) is 7.54. The zero-order valence-electron chi connectivity index (χ0n) is 12.6. The number of aryl methyl sites for hydroxylation is 1. The number of fused-ring (bicyclic) bond motifs is 1. The Morgan fingerprint density at radius 2 is 2.04 bits per heavy atom. The van der Waals surface area contributed by atoms with Gasteiger partial charge >= 0.3 is 5.97 Å². The van der Waals surface area contributed by atoms with Gasteiger partial charge in [-0.3, -0.25) is 0 Å². The average molecular weight is 327 g/mol. The number of hydrogen-bond acceptors (Lipinski definition) is 3. The van der Waals surface area contributed by atoms with Crippen LogP contribution in [0.1, 0.15) is 17.0 Å². The molecule has 3 aromatic rings. The highest BCUT2D eigenvalue weighted by molar-refractivity contribution is 6.30. The van der Waals surface area contributed by atoms with Crippen LogP contribution in [0.2, 0.25) is 5.02 Å². The SMILES string of the molecule is Cc1nc2ccccn2c1COC(=O)/C=C/c1ccc(Cl)cc1. The summed E-state index contributed by atoms with van der Waals surface area (Å²) >= 11 is 5.82. The number of nitrogens with zero attached hydrogens (tertiary/aromatic N) is 2. The van der Waals surface area contributed by atoms with E-state index in [2.05, 4.69) is 4.98 Å². The fraction of sp³-hybridized carbons (Fsp3) is 0.111. The maximum Gasteiger partial charge on any atom is 0.331 e. The van der Waals surface area contributed by atoms with Gasteiger partial charge in [-0.15, -0.1) is 0 Å². The van der Waals surface area contributed by atoms with Gasteiger partial charge in [-0.2, -0.15) is 0 Å². The molecule has 0 aliphatic carbocycles. The van der Waals surface area contributed by atoms with Crippen LogP contribution in [0, 0.1) is 6.92 Å². The van der Waals surface area contributed by atoms with Crippen molar-refractivity contribution in [3.8, 4) is 0 Å². The Bertz CT molecular complexity index is 866. The summed E-state index contributed by atoms with van der Waals surface area (Å²) in [7, 11) is 0. The minimum Gasteiger partial charge on any atom is -0.456 e. The summed E-state index contributed by atoms with van der Waals surface area (Å²) in [5.41, 5.74) is 3.45. The number of pyridine rings is 1. The third-order valence-electron chi connectivity index (χ3n) is 3.46. The summed E-state index contributed by atoms with van der Waals surface area (Å²) in [6.07, 6.45) is 5.00. The molecule has 0 atom stereocenters. The van der Waals surface area contributed by atoms with Crippen LogP contribution in [0.15, 0.2) is 54.7 Å². The predicted molar refractivity (Wildman–Crippen MR) is 90.2 cm³/mol. The summed E-state index contributed by atoms with van der Waals surface area (Å²) in [6, 6.07) is 13.0. The van der Waals surface area contributed by atoms with Crippen molar-refractivity contribution in [2.24, 2.45) is 0 Å². The first-order chi connectivity index (χ1) is 11.1. The van der Waals surface area contributed by atoms with Gasteiger partial charge in [0.15, 0.2) is 0 Å². The van der Waals surface area contributed by atoms with Gasteiger partial charge in [0, 0.05) is 17.3 Å². The second-order valence-corrected chi connectivity index (χ2v) is 5.50. The van der Waals surface area contributed by atoms with E-state index < -0.39 is 5.97 Å². The summed E-state index contributed by atoms with van der Waals surface area (Å²) in [4.78, 5) is 16.3. The number of benzene rings is 1. The second kappa shape index (κ2) is 6.67. The molecule has 0 N–H and O–H groups in total. The molecule has 0 aliphatic rings. The standard InChI is InChI=1S/C18H15ClN2O2/c1-13-16(21-11-3-2-4-17(21)20-13)12-23-18(22)10-7-14-5-8-15(19)9-6-14/h2-11H,12H2,1H3/b10-7+. The Kier molecular flexibility index (Phi) is 4.44. The zero-order valence-corrected chi connectivity index (χ0v) is 13.3. The third kappa shape index (κ3) is 3.60. The first-order valence-electron chi connectivity index (χ1n) is 7.16. The Morgan fingerprint density at radius 1 is 1.26 bits per heavy atom. The lowest BCUT2D eigenvalue weighted by Gasteiger charge is -2.03.